The summed E-state index contributed by atoms with van der Waals surface area (Å²) < 4.78 is 0. The zero-order chi connectivity index (χ0) is 14.5. The van der Waals surface area contributed by atoms with Crippen molar-refractivity contribution in [3.63, 3.8) is 0 Å². The van der Waals surface area contributed by atoms with E-state index in [1.54, 1.807) is 0 Å². The number of nitrogens with zero attached hydrogens (tertiary/aromatic N) is 2. The Hall–Kier alpha value is -1.71. The molecule has 0 saturated carbocycles. The Balaban J connectivity index is 2.10. The lowest BCUT2D eigenvalue weighted by atomic mass is 10.1. The molecule has 1 aromatic heterocycles. The third-order valence-electron chi connectivity index (χ3n) is 3.63. The summed E-state index contributed by atoms with van der Waals surface area (Å²) in [7, 11) is 2.11. The summed E-state index contributed by atoms with van der Waals surface area (Å²) in [6.45, 7) is 5.58. The number of hydrogen-bond acceptors (Lipinski definition) is 3. The van der Waals surface area contributed by atoms with Crippen LogP contribution in [0, 0.1) is 13.8 Å². The average Bonchev–Trinajstić information content (AvgIpc) is 2.44. The van der Waals surface area contributed by atoms with Gasteiger partial charge in [-0.25, -0.2) is 0 Å². The highest BCUT2D eigenvalue weighted by Crippen LogP contribution is 2.20. The molecule has 2 aromatic rings. The van der Waals surface area contributed by atoms with Crippen LogP contribution in [0.5, 0.6) is 0 Å². The molecule has 0 aliphatic rings. The number of rotatable bonds is 5. The Bertz CT molecular complexity index is 531. The summed E-state index contributed by atoms with van der Waals surface area (Å²) in [6.07, 6.45) is 1.93. The van der Waals surface area contributed by atoms with Gasteiger partial charge in [0.15, 0.2) is 0 Å². The Kier molecular flexibility index (Phi) is 4.88. The molecule has 1 unspecified atom stereocenters. The van der Waals surface area contributed by atoms with Gasteiger partial charge in [0.25, 0.3) is 0 Å². The average molecular weight is 269 g/mol. The highest BCUT2D eigenvalue weighted by molar-refractivity contribution is 5.22. The molecule has 0 amide bonds. The lowest BCUT2D eigenvalue weighted by molar-refractivity contribution is 0.241. The SMILES string of the molecule is Cc1ccc(CN(C)C(CN)c2ccc(C)nc2)cc1. The van der Waals surface area contributed by atoms with Crippen molar-refractivity contribution in [2.75, 3.05) is 13.6 Å². The van der Waals surface area contributed by atoms with Crippen molar-refractivity contribution in [2.45, 2.75) is 26.4 Å². The number of aromatic nitrogens is 1. The van der Waals surface area contributed by atoms with Gasteiger partial charge in [0.1, 0.15) is 0 Å². The molecule has 20 heavy (non-hydrogen) atoms. The van der Waals surface area contributed by atoms with Gasteiger partial charge in [0.05, 0.1) is 0 Å². The minimum absolute atomic E-state index is 0.199. The minimum Gasteiger partial charge on any atom is -0.329 e. The first-order valence-corrected chi connectivity index (χ1v) is 6.98. The molecule has 1 heterocycles. The molecular weight excluding hydrogens is 246 g/mol. The van der Waals surface area contributed by atoms with Crippen LogP contribution in [0.4, 0.5) is 0 Å². The van der Waals surface area contributed by atoms with Crippen LogP contribution in [0.15, 0.2) is 42.6 Å². The molecule has 0 aliphatic carbocycles. The second-order valence-electron chi connectivity index (χ2n) is 5.39. The van der Waals surface area contributed by atoms with Crippen molar-refractivity contribution in [2.24, 2.45) is 5.73 Å². The van der Waals surface area contributed by atoms with E-state index in [1.807, 2.05) is 19.2 Å². The number of likely N-dealkylation sites (N-methyl/N-ethyl adjacent to an activating group) is 1. The molecule has 0 spiro atoms. The second kappa shape index (κ2) is 6.64. The van der Waals surface area contributed by atoms with Crippen LogP contribution >= 0.6 is 0 Å². The normalized spacial score (nSPS) is 12.7. The third kappa shape index (κ3) is 3.65. The maximum atomic E-state index is 5.95. The molecule has 2 N–H and O–H groups in total. The number of pyridine rings is 1. The van der Waals surface area contributed by atoms with E-state index in [1.165, 1.54) is 16.7 Å². The van der Waals surface area contributed by atoms with Crippen molar-refractivity contribution >= 4 is 0 Å². The van der Waals surface area contributed by atoms with Gasteiger partial charge in [0.2, 0.25) is 0 Å². The Morgan fingerprint density at radius 1 is 1.10 bits per heavy atom. The number of hydrogen-bond donors (Lipinski definition) is 1. The van der Waals surface area contributed by atoms with Gasteiger partial charge in [-0.15, -0.1) is 0 Å². The van der Waals surface area contributed by atoms with Crippen molar-refractivity contribution in [1.82, 2.24) is 9.88 Å². The van der Waals surface area contributed by atoms with Crippen LogP contribution in [0.1, 0.15) is 28.4 Å². The minimum atomic E-state index is 0.199. The van der Waals surface area contributed by atoms with Crippen LogP contribution in [0.25, 0.3) is 0 Å². The Labute approximate surface area is 121 Å². The lowest BCUT2D eigenvalue weighted by Crippen LogP contribution is -2.30. The van der Waals surface area contributed by atoms with Gasteiger partial charge in [-0.05, 0) is 38.1 Å². The number of benzene rings is 1. The molecule has 0 radical (unpaired) electrons. The maximum Gasteiger partial charge on any atom is 0.0486 e. The molecular formula is C17H23N3. The van der Waals surface area contributed by atoms with Crippen LogP contribution < -0.4 is 5.73 Å². The fraction of sp³-hybridized carbons (Fsp3) is 0.353. The number of nitrogens with two attached hydrogens (primary N) is 1. The standard InChI is InChI=1S/C17H23N3/c1-13-4-7-15(8-5-13)12-20(3)17(10-18)16-9-6-14(2)19-11-16/h4-9,11,17H,10,12,18H2,1-3H3. The monoisotopic (exact) mass is 269 g/mol. The van der Waals surface area contributed by atoms with Crippen LogP contribution in [0.3, 0.4) is 0 Å². The topological polar surface area (TPSA) is 42.1 Å². The number of aryl methyl sites for hydroxylation is 2. The summed E-state index contributed by atoms with van der Waals surface area (Å²) in [5, 5.41) is 0. The first-order chi connectivity index (χ1) is 9.60. The maximum absolute atomic E-state index is 5.95. The van der Waals surface area contributed by atoms with Crippen molar-refractivity contribution < 1.29 is 0 Å². The molecule has 3 heteroatoms. The molecule has 106 valence electrons. The highest BCUT2D eigenvalue weighted by Gasteiger charge is 2.15. The summed E-state index contributed by atoms with van der Waals surface area (Å²) >= 11 is 0. The van der Waals surface area contributed by atoms with E-state index < -0.39 is 0 Å². The van der Waals surface area contributed by atoms with Crippen molar-refractivity contribution in [1.29, 1.82) is 0 Å². The summed E-state index contributed by atoms with van der Waals surface area (Å²) in [6, 6.07) is 13.0. The lowest BCUT2D eigenvalue weighted by Gasteiger charge is -2.27. The van der Waals surface area contributed by atoms with E-state index in [9.17, 15) is 0 Å². The highest BCUT2D eigenvalue weighted by atomic mass is 15.1. The van der Waals surface area contributed by atoms with Gasteiger partial charge >= 0.3 is 0 Å². The van der Waals surface area contributed by atoms with Gasteiger partial charge in [0, 0.05) is 31.0 Å². The van der Waals surface area contributed by atoms with E-state index in [0.717, 1.165) is 12.2 Å². The zero-order valence-corrected chi connectivity index (χ0v) is 12.5. The molecule has 0 bridgehead atoms. The first-order valence-electron chi connectivity index (χ1n) is 6.98. The smallest absolute Gasteiger partial charge is 0.0486 e. The van der Waals surface area contributed by atoms with Gasteiger partial charge < -0.3 is 5.73 Å². The van der Waals surface area contributed by atoms with Gasteiger partial charge in [-0.3, -0.25) is 9.88 Å². The van der Waals surface area contributed by atoms with Gasteiger partial charge in [-0.2, -0.15) is 0 Å². The molecule has 3 nitrogen and oxygen atoms in total. The molecule has 1 atom stereocenters. The zero-order valence-electron chi connectivity index (χ0n) is 12.5. The predicted octanol–water partition coefficient (Wildman–Crippen LogP) is 2.83. The molecule has 0 saturated heterocycles. The predicted molar refractivity (Wildman–Crippen MR) is 83.4 cm³/mol. The first kappa shape index (κ1) is 14.7. The van der Waals surface area contributed by atoms with E-state index in [2.05, 4.69) is 54.2 Å². The Morgan fingerprint density at radius 2 is 1.80 bits per heavy atom. The molecule has 0 aliphatic heterocycles. The van der Waals surface area contributed by atoms with Gasteiger partial charge in [-0.1, -0.05) is 35.9 Å². The molecule has 0 fully saturated rings. The van der Waals surface area contributed by atoms with E-state index in [0.29, 0.717) is 6.54 Å². The Morgan fingerprint density at radius 3 is 2.35 bits per heavy atom. The largest absolute Gasteiger partial charge is 0.329 e. The molecule has 1 aromatic carbocycles. The summed E-state index contributed by atoms with van der Waals surface area (Å²) in [5.74, 6) is 0. The van der Waals surface area contributed by atoms with E-state index >= 15 is 0 Å². The van der Waals surface area contributed by atoms with Crippen LogP contribution in [-0.2, 0) is 6.54 Å². The fourth-order valence-electron chi connectivity index (χ4n) is 2.34. The van der Waals surface area contributed by atoms with Crippen molar-refractivity contribution in [3.8, 4) is 0 Å². The summed E-state index contributed by atoms with van der Waals surface area (Å²) in [4.78, 5) is 6.64. The fourth-order valence-corrected chi connectivity index (χ4v) is 2.34. The van der Waals surface area contributed by atoms with Crippen molar-refractivity contribution in [3.05, 3.63) is 65.0 Å². The van der Waals surface area contributed by atoms with E-state index in [4.69, 9.17) is 5.73 Å². The van der Waals surface area contributed by atoms with Crippen LogP contribution in [0.2, 0.25) is 0 Å². The third-order valence-corrected chi connectivity index (χ3v) is 3.63. The van der Waals surface area contributed by atoms with Crippen LogP contribution in [-0.4, -0.2) is 23.5 Å². The van der Waals surface area contributed by atoms with E-state index in [-0.39, 0.29) is 6.04 Å². The summed E-state index contributed by atoms with van der Waals surface area (Å²) in [5.41, 5.74) is 10.7. The second-order valence-corrected chi connectivity index (χ2v) is 5.39. The molecule has 2 rings (SSSR count). The quantitative estimate of drug-likeness (QED) is 0.907.